The van der Waals surface area contributed by atoms with E-state index in [0.29, 0.717) is 45.3 Å². The fourth-order valence-corrected chi connectivity index (χ4v) is 4.63. The van der Waals surface area contributed by atoms with Crippen LogP contribution in [0.4, 0.5) is 13.2 Å². The number of carboxylic acids is 1. The lowest BCUT2D eigenvalue weighted by molar-refractivity contribution is -0.192. The fourth-order valence-electron chi connectivity index (χ4n) is 3.49. The first kappa shape index (κ1) is 25.4. The summed E-state index contributed by atoms with van der Waals surface area (Å²) in [4.78, 5) is 47.0. The number of H-pyrrole nitrogens is 1. The molecule has 3 aromatic rings. The number of nitrogens with two attached hydrogens (primary N) is 1. The van der Waals surface area contributed by atoms with Crippen LogP contribution in [0.1, 0.15) is 15.2 Å². The van der Waals surface area contributed by atoms with Crippen LogP contribution in [0, 0.1) is 6.92 Å². The number of carbonyl (C=O) groups is 2. The third kappa shape index (κ3) is 5.29. The molecule has 1 amide bonds. The summed E-state index contributed by atoms with van der Waals surface area (Å²) in [5.41, 5.74) is 6.28. The first-order chi connectivity index (χ1) is 15.9. The van der Waals surface area contributed by atoms with Crippen molar-refractivity contribution in [1.82, 2.24) is 19.8 Å². The summed E-state index contributed by atoms with van der Waals surface area (Å²) in [7, 11) is 2.02. The van der Waals surface area contributed by atoms with Crippen molar-refractivity contribution < 1.29 is 32.3 Å². The van der Waals surface area contributed by atoms with Gasteiger partial charge in [-0.25, -0.2) is 9.78 Å². The molecule has 0 aliphatic carbocycles. The van der Waals surface area contributed by atoms with Crippen LogP contribution in [-0.4, -0.2) is 82.2 Å². The molecule has 4 rings (SSSR count). The van der Waals surface area contributed by atoms with Crippen LogP contribution in [0.3, 0.4) is 0 Å². The van der Waals surface area contributed by atoms with Gasteiger partial charge >= 0.3 is 12.1 Å². The number of nitrogens with one attached hydrogen (secondary N) is 1. The number of likely N-dealkylation sites (N-methyl/N-ethyl adjacent to an activating group) is 1. The number of furan rings is 1. The summed E-state index contributed by atoms with van der Waals surface area (Å²) in [6.07, 6.45) is -3.56. The van der Waals surface area contributed by atoms with Gasteiger partial charge in [0.25, 0.3) is 11.5 Å². The zero-order valence-electron chi connectivity index (χ0n) is 18.2. The van der Waals surface area contributed by atoms with Gasteiger partial charge in [0.15, 0.2) is 11.6 Å². The number of aromatic nitrogens is 2. The number of halogens is 3. The second kappa shape index (κ2) is 9.95. The van der Waals surface area contributed by atoms with Crippen molar-refractivity contribution in [1.29, 1.82) is 0 Å². The summed E-state index contributed by atoms with van der Waals surface area (Å²) < 4.78 is 37.1. The molecule has 1 aliphatic rings. The second-order valence-electron chi connectivity index (χ2n) is 7.58. The van der Waals surface area contributed by atoms with Gasteiger partial charge in [-0.15, -0.1) is 11.3 Å². The number of thiophene rings is 1. The molecule has 1 atom stereocenters. The largest absolute Gasteiger partial charge is 0.490 e. The minimum absolute atomic E-state index is 0.0363. The van der Waals surface area contributed by atoms with E-state index < -0.39 is 12.1 Å². The Labute approximate surface area is 194 Å². The molecular weight excluding hydrogens is 479 g/mol. The Hall–Kier alpha value is -3.23. The molecule has 1 fully saturated rings. The lowest BCUT2D eigenvalue weighted by Gasteiger charge is -2.39. The third-order valence-corrected chi connectivity index (χ3v) is 6.38. The number of nitrogens with zero attached hydrogens (tertiary/aromatic N) is 3. The smallest absolute Gasteiger partial charge is 0.475 e. The molecular formula is C20H22F3N5O5S. The van der Waals surface area contributed by atoms with E-state index in [2.05, 4.69) is 14.9 Å². The highest BCUT2D eigenvalue weighted by atomic mass is 32.1. The minimum Gasteiger partial charge on any atom is -0.475 e. The number of alkyl halides is 3. The number of amides is 1. The molecule has 3 aromatic heterocycles. The van der Waals surface area contributed by atoms with Crippen LogP contribution < -0.4 is 11.3 Å². The molecule has 184 valence electrons. The number of piperazine rings is 1. The van der Waals surface area contributed by atoms with Gasteiger partial charge in [0.2, 0.25) is 0 Å². The summed E-state index contributed by atoms with van der Waals surface area (Å²) >= 11 is 1.25. The molecule has 1 aliphatic heterocycles. The first-order valence-corrected chi connectivity index (χ1v) is 10.8. The van der Waals surface area contributed by atoms with E-state index in [4.69, 9.17) is 20.1 Å². The van der Waals surface area contributed by atoms with Crippen LogP contribution in [0.25, 0.3) is 21.8 Å². The zero-order valence-corrected chi connectivity index (χ0v) is 19.0. The molecule has 1 unspecified atom stereocenters. The van der Waals surface area contributed by atoms with Gasteiger partial charge in [-0.2, -0.15) is 13.2 Å². The highest BCUT2D eigenvalue weighted by Gasteiger charge is 2.38. The first-order valence-electron chi connectivity index (χ1n) is 10.0. The summed E-state index contributed by atoms with van der Waals surface area (Å²) in [5.74, 6) is -2.00. The highest BCUT2D eigenvalue weighted by molar-refractivity contribution is 7.20. The molecule has 10 nitrogen and oxygen atoms in total. The summed E-state index contributed by atoms with van der Waals surface area (Å²) in [6.45, 7) is 4.36. The number of hydrogen-bond acceptors (Lipinski definition) is 8. The maximum atomic E-state index is 13.2. The lowest BCUT2D eigenvalue weighted by Crippen LogP contribution is -2.56. The standard InChI is InChI=1S/C18H21N5O3S.C2HF3O2/c1-10-13-16(24)20-15(12-4-3-7-26-12)21-17(13)27-14(10)18(25)23-6-5-22(2)9-11(23)8-19;3-2(4,5)1(6)7/h3-4,7,11H,5-6,8-9,19H2,1-2H3,(H,20,21,24);(H,6,7). The molecule has 4 N–H and O–H groups in total. The monoisotopic (exact) mass is 501 g/mol. The van der Waals surface area contributed by atoms with Crippen molar-refractivity contribution in [2.45, 2.75) is 19.1 Å². The highest BCUT2D eigenvalue weighted by Crippen LogP contribution is 2.30. The second-order valence-corrected chi connectivity index (χ2v) is 8.58. The normalized spacial score (nSPS) is 16.9. The minimum atomic E-state index is -5.08. The lowest BCUT2D eigenvalue weighted by atomic mass is 10.1. The van der Waals surface area contributed by atoms with E-state index in [-0.39, 0.29) is 17.5 Å². The Morgan fingerprint density at radius 1 is 1.38 bits per heavy atom. The number of aromatic amines is 1. The SMILES string of the molecule is Cc1c(C(=O)N2CCN(C)CC2CN)sc2nc(-c3ccco3)[nH]c(=O)c12.O=C(O)C(F)(F)F. The number of carboxylic acid groups (broad SMARTS) is 1. The van der Waals surface area contributed by atoms with E-state index >= 15 is 0 Å². The maximum Gasteiger partial charge on any atom is 0.490 e. The topological polar surface area (TPSA) is 146 Å². The Kier molecular flexibility index (Phi) is 7.43. The molecule has 0 spiro atoms. The van der Waals surface area contributed by atoms with Gasteiger partial charge in [-0.05, 0) is 31.7 Å². The van der Waals surface area contributed by atoms with Crippen LogP contribution >= 0.6 is 11.3 Å². The molecule has 4 heterocycles. The summed E-state index contributed by atoms with van der Waals surface area (Å²) in [6, 6.07) is 3.42. The summed E-state index contributed by atoms with van der Waals surface area (Å²) in [5, 5.41) is 7.58. The quantitative estimate of drug-likeness (QED) is 0.493. The van der Waals surface area contributed by atoms with Crippen molar-refractivity contribution in [2.75, 3.05) is 33.2 Å². The molecule has 34 heavy (non-hydrogen) atoms. The predicted octanol–water partition coefficient (Wildman–Crippen LogP) is 1.90. The average Bonchev–Trinajstić information content (AvgIpc) is 3.41. The van der Waals surface area contributed by atoms with E-state index in [1.807, 2.05) is 11.9 Å². The van der Waals surface area contributed by atoms with Crippen molar-refractivity contribution in [3.63, 3.8) is 0 Å². The number of fused-ring (bicyclic) bond motifs is 1. The number of aliphatic carboxylic acids is 1. The van der Waals surface area contributed by atoms with Crippen LogP contribution in [0.5, 0.6) is 0 Å². The number of hydrogen-bond donors (Lipinski definition) is 3. The van der Waals surface area contributed by atoms with Crippen LogP contribution in [-0.2, 0) is 4.79 Å². The molecule has 14 heteroatoms. The van der Waals surface area contributed by atoms with Crippen molar-refractivity contribution in [3.8, 4) is 11.6 Å². The molecule has 1 saturated heterocycles. The van der Waals surface area contributed by atoms with Gasteiger partial charge in [-0.3, -0.25) is 9.59 Å². The molecule has 0 bridgehead atoms. The van der Waals surface area contributed by atoms with Crippen molar-refractivity contribution in [2.24, 2.45) is 5.73 Å². The van der Waals surface area contributed by atoms with Gasteiger partial charge in [-0.1, -0.05) is 0 Å². The van der Waals surface area contributed by atoms with Crippen LogP contribution in [0.15, 0.2) is 27.6 Å². The van der Waals surface area contributed by atoms with Gasteiger partial charge in [0.05, 0.1) is 22.6 Å². The maximum absolute atomic E-state index is 13.2. The van der Waals surface area contributed by atoms with E-state index in [0.717, 1.165) is 13.1 Å². The van der Waals surface area contributed by atoms with Crippen molar-refractivity contribution >= 4 is 33.4 Å². The van der Waals surface area contributed by atoms with Gasteiger partial charge in [0, 0.05) is 26.2 Å². The number of carbonyl (C=O) groups excluding carboxylic acids is 1. The molecule has 0 radical (unpaired) electrons. The zero-order chi connectivity index (χ0) is 25.2. The van der Waals surface area contributed by atoms with Gasteiger partial charge < -0.3 is 30.0 Å². The predicted molar refractivity (Wildman–Crippen MR) is 118 cm³/mol. The number of aryl methyl sites for hydroxylation is 1. The van der Waals surface area contributed by atoms with Crippen molar-refractivity contribution in [3.05, 3.63) is 39.2 Å². The molecule has 0 saturated carbocycles. The molecule has 0 aromatic carbocycles. The van der Waals surface area contributed by atoms with E-state index in [9.17, 15) is 22.8 Å². The van der Waals surface area contributed by atoms with E-state index in [1.165, 1.54) is 17.6 Å². The Morgan fingerprint density at radius 2 is 2.06 bits per heavy atom. The Morgan fingerprint density at radius 3 is 2.62 bits per heavy atom. The van der Waals surface area contributed by atoms with Gasteiger partial charge in [0.1, 0.15) is 4.83 Å². The fraction of sp³-hybridized carbons (Fsp3) is 0.400. The van der Waals surface area contributed by atoms with E-state index in [1.54, 1.807) is 19.1 Å². The third-order valence-electron chi connectivity index (χ3n) is 5.21. The van der Waals surface area contributed by atoms with Crippen LogP contribution in [0.2, 0.25) is 0 Å². The number of rotatable bonds is 3. The Bertz CT molecular complexity index is 1240. The average molecular weight is 501 g/mol. The Balaban J connectivity index is 0.000000406.